The van der Waals surface area contributed by atoms with Crippen LogP contribution in [0.4, 0.5) is 9.59 Å². The minimum atomic E-state index is -2.21. The second kappa shape index (κ2) is 13.2. The van der Waals surface area contributed by atoms with Gasteiger partial charge in [0.05, 0.1) is 19.3 Å². The van der Waals surface area contributed by atoms with E-state index in [2.05, 4.69) is 67.7 Å². The summed E-state index contributed by atoms with van der Waals surface area (Å²) in [6.07, 6.45) is -3.03. The van der Waals surface area contributed by atoms with Crippen LogP contribution in [0.2, 0.25) is 36.3 Å². The van der Waals surface area contributed by atoms with Crippen LogP contribution in [0.1, 0.15) is 73.5 Å². The van der Waals surface area contributed by atoms with Gasteiger partial charge in [0.25, 0.3) is 16.6 Å². The van der Waals surface area contributed by atoms with Gasteiger partial charge in [0, 0.05) is 6.42 Å². The predicted octanol–water partition coefficient (Wildman–Crippen LogP) is 8.00. The third-order valence-electron chi connectivity index (χ3n) is 8.02. The van der Waals surface area contributed by atoms with Crippen LogP contribution >= 0.6 is 0 Å². The van der Waals surface area contributed by atoms with E-state index in [4.69, 9.17) is 32.5 Å². The van der Waals surface area contributed by atoms with Gasteiger partial charge in [0.2, 0.25) is 0 Å². The summed E-state index contributed by atoms with van der Waals surface area (Å²) in [5.41, 5.74) is 0.854. The summed E-state index contributed by atoms with van der Waals surface area (Å²) in [6.45, 7) is 25.7. The highest BCUT2D eigenvalue weighted by Gasteiger charge is 2.44. The maximum Gasteiger partial charge on any atom is 0.508 e. The van der Waals surface area contributed by atoms with Crippen molar-refractivity contribution in [2.45, 2.75) is 116 Å². The molecule has 1 fully saturated rings. The number of carbonyl (C=O) groups excluding carboxylic acids is 2. The largest absolute Gasteiger partial charge is 0.541 e. The van der Waals surface area contributed by atoms with Gasteiger partial charge in [-0.1, -0.05) is 47.6 Å². The molecule has 1 aliphatic heterocycles. The van der Waals surface area contributed by atoms with Crippen molar-refractivity contribution in [2.75, 3.05) is 19.8 Å². The van der Waals surface area contributed by atoms with Crippen LogP contribution in [0, 0.1) is 0 Å². The van der Waals surface area contributed by atoms with Crippen LogP contribution in [0.3, 0.4) is 0 Å². The lowest BCUT2D eigenvalue weighted by Crippen LogP contribution is -2.45. The molecule has 0 saturated carbocycles. The van der Waals surface area contributed by atoms with Crippen molar-refractivity contribution in [3.05, 3.63) is 23.8 Å². The fraction of sp³-hybridized carbons (Fsp3) is 0.724. The van der Waals surface area contributed by atoms with Crippen molar-refractivity contribution in [1.82, 2.24) is 0 Å². The normalized spacial score (nSPS) is 20.1. The number of hydrogen-bond donors (Lipinski definition) is 0. The molecule has 2 rings (SSSR count). The molecule has 1 aromatic carbocycles. The molecule has 0 radical (unpaired) electrons. The molecule has 1 heterocycles. The molecule has 1 aromatic rings. The number of ether oxygens (including phenoxy) is 5. The smallest absolute Gasteiger partial charge is 0.508 e. The maximum absolute atomic E-state index is 12.1. The van der Waals surface area contributed by atoms with E-state index in [1.54, 1.807) is 13.8 Å². The predicted molar refractivity (Wildman–Crippen MR) is 159 cm³/mol. The van der Waals surface area contributed by atoms with E-state index in [1.807, 2.05) is 18.2 Å². The van der Waals surface area contributed by atoms with Gasteiger partial charge in [-0.25, -0.2) is 9.59 Å². The van der Waals surface area contributed by atoms with E-state index < -0.39 is 47.3 Å². The van der Waals surface area contributed by atoms with Crippen molar-refractivity contribution >= 4 is 28.9 Å². The van der Waals surface area contributed by atoms with E-state index >= 15 is 0 Å². The Kier molecular flexibility index (Phi) is 11.2. The van der Waals surface area contributed by atoms with Crippen molar-refractivity contribution in [2.24, 2.45) is 0 Å². The molecule has 0 N–H and O–H groups in total. The Morgan fingerprint density at radius 1 is 0.825 bits per heavy atom. The standard InChI is InChI=1S/C29H50O9Si2/c1-13-32-26(30)34-19-25-23(36-27(31)33-14-2)18-22(35-25)20-15-16-21(37-39(9,10)28(3,4)5)24(17-20)38-40(11,12)29(6,7)8/h15-17,22-23,25H,13-14,18-19H2,1-12H3/t22-,23-,25+/m0/s1. The minimum absolute atomic E-state index is 0.0122. The molecule has 0 aliphatic carbocycles. The highest BCUT2D eigenvalue weighted by Crippen LogP contribution is 2.45. The first-order chi connectivity index (χ1) is 18.3. The van der Waals surface area contributed by atoms with E-state index in [-0.39, 0.29) is 29.9 Å². The Labute approximate surface area is 242 Å². The highest BCUT2D eigenvalue weighted by atomic mass is 28.4. The monoisotopic (exact) mass is 598 g/mol. The average molecular weight is 599 g/mol. The van der Waals surface area contributed by atoms with Gasteiger partial charge >= 0.3 is 12.3 Å². The Balaban J connectivity index is 2.42. The number of carbonyl (C=O) groups is 2. The van der Waals surface area contributed by atoms with Crippen LogP contribution in [0.25, 0.3) is 0 Å². The summed E-state index contributed by atoms with van der Waals surface area (Å²) in [4.78, 5) is 23.9. The number of rotatable bonds is 10. The molecule has 1 aliphatic rings. The molecule has 0 spiro atoms. The molecule has 9 nitrogen and oxygen atoms in total. The molecule has 0 bridgehead atoms. The third-order valence-corrected chi connectivity index (χ3v) is 16.7. The van der Waals surface area contributed by atoms with Crippen LogP contribution in [-0.2, 0) is 23.7 Å². The maximum atomic E-state index is 12.1. The Morgan fingerprint density at radius 2 is 1.35 bits per heavy atom. The van der Waals surface area contributed by atoms with Gasteiger partial charge < -0.3 is 32.5 Å². The van der Waals surface area contributed by atoms with Gasteiger partial charge in [-0.3, -0.25) is 0 Å². The zero-order chi connectivity index (χ0) is 30.5. The zero-order valence-corrected chi connectivity index (χ0v) is 28.5. The van der Waals surface area contributed by atoms with E-state index in [1.165, 1.54) is 0 Å². The number of hydrogen-bond acceptors (Lipinski definition) is 9. The van der Waals surface area contributed by atoms with Crippen LogP contribution in [0.5, 0.6) is 11.5 Å². The van der Waals surface area contributed by atoms with Gasteiger partial charge in [0.15, 0.2) is 0 Å². The van der Waals surface area contributed by atoms with Crippen molar-refractivity contribution in [3.63, 3.8) is 0 Å². The molecular formula is C29H50O9Si2. The molecule has 0 aromatic heterocycles. The minimum Gasteiger partial charge on any atom is -0.541 e. The molecule has 1 saturated heterocycles. The first-order valence-corrected chi connectivity index (χ1v) is 19.9. The fourth-order valence-corrected chi connectivity index (χ4v) is 5.57. The fourth-order valence-electron chi connectivity index (χ4n) is 3.53. The van der Waals surface area contributed by atoms with Gasteiger partial charge in [-0.2, -0.15) is 0 Å². The molecule has 0 amide bonds. The Morgan fingerprint density at radius 3 is 1.88 bits per heavy atom. The lowest BCUT2D eigenvalue weighted by atomic mass is 10.0. The molecule has 11 heteroatoms. The van der Waals surface area contributed by atoms with E-state index in [0.717, 1.165) is 11.3 Å². The lowest BCUT2D eigenvalue weighted by Gasteiger charge is -2.40. The second-order valence-corrected chi connectivity index (χ2v) is 22.6. The van der Waals surface area contributed by atoms with Crippen molar-refractivity contribution < 1.29 is 42.1 Å². The van der Waals surface area contributed by atoms with E-state index in [0.29, 0.717) is 12.2 Å². The quantitative estimate of drug-likeness (QED) is 0.196. The highest BCUT2D eigenvalue weighted by molar-refractivity contribution is 6.75. The molecular weight excluding hydrogens is 548 g/mol. The van der Waals surface area contributed by atoms with Crippen LogP contribution < -0.4 is 8.85 Å². The summed E-state index contributed by atoms with van der Waals surface area (Å²) in [7, 11) is -4.37. The van der Waals surface area contributed by atoms with Gasteiger partial charge in [-0.15, -0.1) is 0 Å². The summed E-state index contributed by atoms with van der Waals surface area (Å²) >= 11 is 0. The Hall–Kier alpha value is -2.25. The zero-order valence-electron chi connectivity index (χ0n) is 26.5. The van der Waals surface area contributed by atoms with Crippen LogP contribution in [0.15, 0.2) is 18.2 Å². The molecule has 40 heavy (non-hydrogen) atoms. The topological polar surface area (TPSA) is 98.8 Å². The van der Waals surface area contributed by atoms with E-state index in [9.17, 15) is 9.59 Å². The van der Waals surface area contributed by atoms with Gasteiger partial charge in [-0.05, 0) is 67.8 Å². The first kappa shape index (κ1) is 34.0. The Bertz CT molecular complexity index is 1010. The second-order valence-electron chi connectivity index (χ2n) is 13.2. The lowest BCUT2D eigenvalue weighted by molar-refractivity contribution is -0.0536. The summed E-state index contributed by atoms with van der Waals surface area (Å²) in [6, 6.07) is 5.89. The van der Waals surface area contributed by atoms with Crippen LogP contribution in [-0.4, -0.2) is 61.0 Å². The first-order valence-electron chi connectivity index (χ1n) is 14.1. The third kappa shape index (κ3) is 8.88. The summed E-state index contributed by atoms with van der Waals surface area (Å²) < 4.78 is 40.4. The average Bonchev–Trinajstić information content (AvgIpc) is 3.19. The SMILES string of the molecule is CCOC(=O)OC[C@H]1O[C@H](c2ccc(O[Si](C)(C)C(C)(C)C)c(O[Si](C)(C)C(C)(C)C)c2)C[C@@H]1OC(=O)OCC. The van der Waals surface area contributed by atoms with Crippen molar-refractivity contribution in [1.29, 1.82) is 0 Å². The van der Waals surface area contributed by atoms with Gasteiger partial charge in [0.1, 0.15) is 30.3 Å². The molecule has 228 valence electrons. The summed E-state index contributed by atoms with van der Waals surface area (Å²) in [5.74, 6) is 1.41. The van der Waals surface area contributed by atoms with Crippen molar-refractivity contribution in [3.8, 4) is 11.5 Å². The molecule has 0 unspecified atom stereocenters. The molecule has 3 atom stereocenters. The summed E-state index contributed by atoms with van der Waals surface area (Å²) in [5, 5.41) is -0.00645. The number of benzene rings is 1.